The highest BCUT2D eigenvalue weighted by Crippen LogP contribution is 2.01. The third-order valence-corrected chi connectivity index (χ3v) is 2.28. The Bertz CT molecular complexity index is 489. The van der Waals surface area contributed by atoms with Gasteiger partial charge in [-0.05, 0) is 50.6 Å². The maximum Gasteiger partial charge on any atom is 0.309 e. The van der Waals surface area contributed by atoms with E-state index in [9.17, 15) is 4.79 Å². The molecule has 0 spiro atoms. The number of carbonyl (C=O) groups is 1. The number of aryl methyl sites for hydroxylation is 3. The largest absolute Gasteiger partial charge is 0.481 e. The van der Waals surface area contributed by atoms with Crippen LogP contribution in [0.5, 0.6) is 0 Å². The lowest BCUT2D eigenvalue weighted by Crippen LogP contribution is -2.01. The van der Waals surface area contributed by atoms with Crippen LogP contribution < -0.4 is 0 Å². The third kappa shape index (κ3) is 6.31. The lowest BCUT2D eigenvalue weighted by Gasteiger charge is -1.96. The number of hydrogen-bond acceptors (Lipinski definition) is 3. The molecule has 0 saturated heterocycles. The molecule has 0 saturated carbocycles. The molecule has 0 amide bonds. The predicted molar refractivity (Wildman–Crippen MR) is 74.0 cm³/mol. The van der Waals surface area contributed by atoms with Crippen molar-refractivity contribution in [2.45, 2.75) is 27.2 Å². The molecule has 0 aromatic carbocycles. The topological polar surface area (TPSA) is 63.1 Å². The Morgan fingerprint density at radius 2 is 1.79 bits per heavy atom. The summed E-state index contributed by atoms with van der Waals surface area (Å²) in [5.74, 6) is -0.848. The number of carboxylic acids is 1. The van der Waals surface area contributed by atoms with E-state index in [1.54, 1.807) is 24.4 Å². The van der Waals surface area contributed by atoms with Gasteiger partial charge < -0.3 is 5.11 Å². The van der Waals surface area contributed by atoms with Crippen molar-refractivity contribution in [1.29, 1.82) is 0 Å². The van der Waals surface area contributed by atoms with Gasteiger partial charge in [0.25, 0.3) is 0 Å². The fourth-order valence-corrected chi connectivity index (χ4v) is 1.70. The van der Waals surface area contributed by atoms with Gasteiger partial charge in [0.1, 0.15) is 0 Å². The van der Waals surface area contributed by atoms with Gasteiger partial charge in [-0.1, -0.05) is 6.07 Å². The number of pyridine rings is 2. The zero-order valence-corrected chi connectivity index (χ0v) is 11.4. The average Bonchev–Trinajstić information content (AvgIpc) is 2.28. The van der Waals surface area contributed by atoms with Crippen LogP contribution in [0.2, 0.25) is 0 Å². The SMILES string of the molecule is Cc1cc(C)nc(C)c1.O=C(O)Cc1ccccn1. The minimum atomic E-state index is -0.848. The standard InChI is InChI=1S/C8H11N.C7H7NO2/c1-6-4-7(2)9-8(3)5-6;9-7(10)5-6-3-1-2-4-8-6/h4-5H,1-3H3;1-4H,5H2,(H,9,10). The molecular formula is C15H18N2O2. The van der Waals surface area contributed by atoms with Crippen LogP contribution in [-0.4, -0.2) is 21.0 Å². The lowest BCUT2D eigenvalue weighted by molar-refractivity contribution is -0.136. The van der Waals surface area contributed by atoms with Gasteiger partial charge in [0, 0.05) is 17.6 Å². The van der Waals surface area contributed by atoms with Crippen LogP contribution in [0.25, 0.3) is 0 Å². The van der Waals surface area contributed by atoms with E-state index in [2.05, 4.69) is 29.0 Å². The third-order valence-electron chi connectivity index (χ3n) is 2.28. The molecule has 0 aliphatic rings. The second-order valence-corrected chi connectivity index (χ2v) is 4.32. The van der Waals surface area contributed by atoms with Crippen molar-refractivity contribution in [2.24, 2.45) is 0 Å². The van der Waals surface area contributed by atoms with E-state index in [4.69, 9.17) is 5.11 Å². The minimum Gasteiger partial charge on any atom is -0.481 e. The molecule has 19 heavy (non-hydrogen) atoms. The first-order valence-electron chi connectivity index (χ1n) is 6.01. The van der Waals surface area contributed by atoms with E-state index in [0.717, 1.165) is 11.4 Å². The first kappa shape index (κ1) is 14.8. The van der Waals surface area contributed by atoms with Crippen LogP contribution in [-0.2, 0) is 11.2 Å². The molecule has 1 N–H and O–H groups in total. The summed E-state index contributed by atoms with van der Waals surface area (Å²) >= 11 is 0. The maximum atomic E-state index is 10.1. The van der Waals surface area contributed by atoms with Crippen molar-refractivity contribution >= 4 is 5.97 Å². The Morgan fingerprint density at radius 1 is 1.16 bits per heavy atom. The van der Waals surface area contributed by atoms with Crippen molar-refractivity contribution in [1.82, 2.24) is 9.97 Å². The highest BCUT2D eigenvalue weighted by Gasteiger charge is 1.98. The van der Waals surface area contributed by atoms with E-state index < -0.39 is 5.97 Å². The fourth-order valence-electron chi connectivity index (χ4n) is 1.70. The summed E-state index contributed by atoms with van der Waals surface area (Å²) in [6.07, 6.45) is 1.58. The molecule has 0 aliphatic carbocycles. The number of nitrogens with zero attached hydrogens (tertiary/aromatic N) is 2. The normalized spacial score (nSPS) is 9.42. The minimum absolute atomic E-state index is 0.000833. The molecular weight excluding hydrogens is 240 g/mol. The number of hydrogen-bond donors (Lipinski definition) is 1. The van der Waals surface area contributed by atoms with Crippen molar-refractivity contribution in [3.8, 4) is 0 Å². The molecule has 0 fully saturated rings. The molecule has 100 valence electrons. The van der Waals surface area contributed by atoms with Crippen molar-refractivity contribution in [3.63, 3.8) is 0 Å². The number of aliphatic carboxylic acids is 1. The first-order chi connectivity index (χ1) is 8.97. The molecule has 0 unspecified atom stereocenters. The summed E-state index contributed by atoms with van der Waals surface area (Å²) in [5.41, 5.74) is 4.09. The van der Waals surface area contributed by atoms with E-state index in [0.29, 0.717) is 5.69 Å². The van der Waals surface area contributed by atoms with Crippen LogP contribution >= 0.6 is 0 Å². The van der Waals surface area contributed by atoms with E-state index in [1.807, 2.05) is 13.8 Å². The zero-order chi connectivity index (χ0) is 14.3. The summed E-state index contributed by atoms with van der Waals surface area (Å²) in [5, 5.41) is 8.33. The number of rotatable bonds is 2. The molecule has 2 heterocycles. The van der Waals surface area contributed by atoms with Crippen molar-refractivity contribution < 1.29 is 9.90 Å². The van der Waals surface area contributed by atoms with Gasteiger partial charge in [0.2, 0.25) is 0 Å². The monoisotopic (exact) mass is 258 g/mol. The van der Waals surface area contributed by atoms with E-state index in [-0.39, 0.29) is 6.42 Å². The zero-order valence-electron chi connectivity index (χ0n) is 11.4. The maximum absolute atomic E-state index is 10.1. The van der Waals surface area contributed by atoms with Gasteiger partial charge in [0.05, 0.1) is 12.1 Å². The Labute approximate surface area is 113 Å². The molecule has 2 aromatic rings. The van der Waals surface area contributed by atoms with Gasteiger partial charge >= 0.3 is 5.97 Å². The summed E-state index contributed by atoms with van der Waals surface area (Å²) in [6.45, 7) is 6.11. The Balaban J connectivity index is 0.000000191. The van der Waals surface area contributed by atoms with Gasteiger partial charge in [-0.3, -0.25) is 14.8 Å². The Kier molecular flexibility index (Phi) is 5.67. The predicted octanol–water partition coefficient (Wildman–Crippen LogP) is 2.72. The number of carboxylic acid groups (broad SMARTS) is 1. The second-order valence-electron chi connectivity index (χ2n) is 4.32. The quantitative estimate of drug-likeness (QED) is 0.899. The summed E-state index contributed by atoms with van der Waals surface area (Å²) in [6, 6.07) is 9.37. The molecule has 0 aliphatic heterocycles. The van der Waals surface area contributed by atoms with Crippen LogP contribution in [0.3, 0.4) is 0 Å². The van der Waals surface area contributed by atoms with Gasteiger partial charge in [0.15, 0.2) is 0 Å². The summed E-state index contributed by atoms with van der Waals surface area (Å²) in [7, 11) is 0. The van der Waals surface area contributed by atoms with Gasteiger partial charge in [-0.2, -0.15) is 0 Å². The molecule has 0 bridgehead atoms. The molecule has 0 atom stereocenters. The van der Waals surface area contributed by atoms with Crippen LogP contribution in [0.15, 0.2) is 36.5 Å². The Morgan fingerprint density at radius 3 is 2.21 bits per heavy atom. The van der Waals surface area contributed by atoms with Crippen molar-refractivity contribution in [3.05, 3.63) is 59.2 Å². The molecule has 0 radical (unpaired) electrons. The smallest absolute Gasteiger partial charge is 0.309 e. The number of aromatic nitrogens is 2. The second kappa shape index (κ2) is 7.26. The lowest BCUT2D eigenvalue weighted by atomic mass is 10.2. The average molecular weight is 258 g/mol. The molecule has 2 rings (SSSR count). The first-order valence-corrected chi connectivity index (χ1v) is 6.01. The van der Waals surface area contributed by atoms with E-state index in [1.165, 1.54) is 5.56 Å². The summed E-state index contributed by atoms with van der Waals surface area (Å²) < 4.78 is 0. The van der Waals surface area contributed by atoms with Crippen molar-refractivity contribution in [2.75, 3.05) is 0 Å². The highest BCUT2D eigenvalue weighted by atomic mass is 16.4. The molecule has 4 nitrogen and oxygen atoms in total. The molecule has 4 heteroatoms. The van der Waals surface area contributed by atoms with Crippen LogP contribution in [0.4, 0.5) is 0 Å². The molecule has 2 aromatic heterocycles. The highest BCUT2D eigenvalue weighted by molar-refractivity contribution is 5.69. The Hall–Kier alpha value is -2.23. The van der Waals surface area contributed by atoms with E-state index >= 15 is 0 Å². The fraction of sp³-hybridized carbons (Fsp3) is 0.267. The van der Waals surface area contributed by atoms with Gasteiger partial charge in [-0.25, -0.2) is 0 Å². The summed E-state index contributed by atoms with van der Waals surface area (Å²) in [4.78, 5) is 18.2. The van der Waals surface area contributed by atoms with Crippen LogP contribution in [0, 0.1) is 20.8 Å². The van der Waals surface area contributed by atoms with Gasteiger partial charge in [-0.15, -0.1) is 0 Å². The van der Waals surface area contributed by atoms with Crippen LogP contribution in [0.1, 0.15) is 22.6 Å².